The summed E-state index contributed by atoms with van der Waals surface area (Å²) in [7, 11) is 0. The Morgan fingerprint density at radius 2 is 1.72 bits per heavy atom. The predicted molar refractivity (Wildman–Crippen MR) is 169 cm³/mol. The van der Waals surface area contributed by atoms with Gasteiger partial charge in [0.1, 0.15) is 11.4 Å². The van der Waals surface area contributed by atoms with Gasteiger partial charge in [-0.15, -0.1) is 0 Å². The molecule has 0 radical (unpaired) electrons. The molecule has 0 atom stereocenters. The first-order valence-electron chi connectivity index (χ1n) is 15.1. The molecule has 1 fully saturated rings. The normalized spacial score (nSPS) is 14.6. The first kappa shape index (κ1) is 33.9. The van der Waals surface area contributed by atoms with Crippen LogP contribution in [0.3, 0.4) is 0 Å². The first-order chi connectivity index (χ1) is 20.1. The molecule has 0 saturated carbocycles. The van der Waals surface area contributed by atoms with Crippen LogP contribution in [0.1, 0.15) is 90.8 Å². The van der Waals surface area contributed by atoms with Crippen molar-refractivity contribution in [3.8, 4) is 5.75 Å². The van der Waals surface area contributed by atoms with Crippen LogP contribution in [0.2, 0.25) is 0 Å². The van der Waals surface area contributed by atoms with Crippen molar-refractivity contribution < 1.29 is 23.8 Å². The minimum absolute atomic E-state index is 0.0871. The number of nitrogens with one attached hydrogen (secondary N) is 3. The topological polar surface area (TPSA) is 150 Å². The van der Waals surface area contributed by atoms with Crippen LogP contribution in [0.4, 0.5) is 22.1 Å². The third-order valence-electron chi connectivity index (χ3n) is 6.89. The third kappa shape index (κ3) is 11.2. The van der Waals surface area contributed by atoms with Gasteiger partial charge in [-0.25, -0.2) is 14.8 Å². The van der Waals surface area contributed by atoms with Crippen LogP contribution in [0.5, 0.6) is 5.75 Å². The molecule has 43 heavy (non-hydrogen) atoms. The van der Waals surface area contributed by atoms with E-state index < -0.39 is 17.6 Å². The summed E-state index contributed by atoms with van der Waals surface area (Å²) in [5.74, 6) is 0.943. The summed E-state index contributed by atoms with van der Waals surface area (Å²) < 4.78 is 17.1. The number of ether oxygens (including phenoxy) is 3. The van der Waals surface area contributed by atoms with E-state index in [2.05, 4.69) is 48.6 Å². The maximum absolute atomic E-state index is 12.3. The second-order valence-corrected chi connectivity index (χ2v) is 13.8. The number of aromatic nitrogens is 2. The average Bonchev–Trinajstić information content (AvgIpc) is 2.90. The fourth-order valence-corrected chi connectivity index (χ4v) is 5.24. The standard InChI is InChI=1S/C32H50N6O5/c1-9-24-27(35-21-13-15-41-16-14-21)38-28(25(37-24)26(33)39)36-22-11-10-12-23(17-22)42-20-32(7,8)18-31(5,6)19-34-29(40)43-30(2,3)4/h10-12,17,21H,9,13-16,18-20H2,1-8H3,(H2,33,39)(H,34,40)(H2,35,36,38). The van der Waals surface area contributed by atoms with E-state index in [0.717, 1.165) is 19.3 Å². The molecule has 0 unspecified atom stereocenters. The Labute approximate surface area is 256 Å². The van der Waals surface area contributed by atoms with Crippen molar-refractivity contribution in [3.63, 3.8) is 0 Å². The lowest BCUT2D eigenvalue weighted by Crippen LogP contribution is -2.40. The zero-order valence-electron chi connectivity index (χ0n) is 27.1. The predicted octanol–water partition coefficient (Wildman–Crippen LogP) is 5.82. The van der Waals surface area contributed by atoms with Crippen molar-refractivity contribution in [1.29, 1.82) is 0 Å². The molecule has 11 nitrogen and oxygen atoms in total. The maximum atomic E-state index is 12.3. The SMILES string of the molecule is CCc1nc(C(N)=O)c(Nc2cccc(OCC(C)(C)CC(C)(C)CNC(=O)OC(C)(C)C)c2)nc1NC1CCOCC1. The molecule has 5 N–H and O–H groups in total. The van der Waals surface area contributed by atoms with Gasteiger partial charge in [-0.1, -0.05) is 40.7 Å². The molecule has 1 aromatic carbocycles. The zero-order chi connectivity index (χ0) is 31.8. The fraction of sp³-hybridized carbons (Fsp3) is 0.625. The molecule has 1 aromatic heterocycles. The van der Waals surface area contributed by atoms with E-state index in [1.165, 1.54) is 0 Å². The molecule has 1 aliphatic rings. The van der Waals surface area contributed by atoms with Crippen molar-refractivity contribution in [2.24, 2.45) is 16.6 Å². The quantitative estimate of drug-likeness (QED) is 0.224. The highest BCUT2D eigenvalue weighted by molar-refractivity contribution is 5.96. The van der Waals surface area contributed by atoms with Crippen LogP contribution in [-0.4, -0.2) is 60.0 Å². The smallest absolute Gasteiger partial charge is 0.407 e. The largest absolute Gasteiger partial charge is 0.493 e. The third-order valence-corrected chi connectivity index (χ3v) is 6.89. The fourth-order valence-electron chi connectivity index (χ4n) is 5.24. The second-order valence-electron chi connectivity index (χ2n) is 13.8. The number of hydrogen-bond acceptors (Lipinski definition) is 9. The van der Waals surface area contributed by atoms with Gasteiger partial charge in [0.2, 0.25) is 0 Å². The summed E-state index contributed by atoms with van der Waals surface area (Å²) >= 11 is 0. The molecule has 11 heteroatoms. The van der Waals surface area contributed by atoms with Gasteiger partial charge in [0, 0.05) is 37.6 Å². The number of rotatable bonds is 13. The average molecular weight is 599 g/mol. The molecule has 1 aliphatic heterocycles. The summed E-state index contributed by atoms with van der Waals surface area (Å²) in [4.78, 5) is 33.8. The van der Waals surface area contributed by atoms with Crippen molar-refractivity contribution in [1.82, 2.24) is 15.3 Å². The molecule has 2 amide bonds. The van der Waals surface area contributed by atoms with E-state index in [4.69, 9.17) is 24.9 Å². The summed E-state index contributed by atoms with van der Waals surface area (Å²) in [5, 5.41) is 9.60. The van der Waals surface area contributed by atoms with Crippen LogP contribution in [0.25, 0.3) is 0 Å². The van der Waals surface area contributed by atoms with E-state index >= 15 is 0 Å². The second kappa shape index (κ2) is 14.2. The minimum atomic E-state index is -0.653. The van der Waals surface area contributed by atoms with E-state index in [-0.39, 0.29) is 28.4 Å². The number of carbonyl (C=O) groups excluding carboxylic acids is 2. The number of carbonyl (C=O) groups is 2. The van der Waals surface area contributed by atoms with Gasteiger partial charge in [-0.3, -0.25) is 4.79 Å². The lowest BCUT2D eigenvalue weighted by molar-refractivity contribution is 0.0482. The van der Waals surface area contributed by atoms with Gasteiger partial charge in [0.05, 0.1) is 12.3 Å². The Balaban J connectivity index is 1.67. The zero-order valence-corrected chi connectivity index (χ0v) is 27.1. The lowest BCUT2D eigenvalue weighted by atomic mass is 9.75. The molecule has 2 heterocycles. The molecule has 0 spiro atoms. The van der Waals surface area contributed by atoms with Crippen LogP contribution in [0, 0.1) is 10.8 Å². The van der Waals surface area contributed by atoms with Crippen molar-refractivity contribution in [2.45, 2.75) is 92.7 Å². The van der Waals surface area contributed by atoms with Gasteiger partial charge in [0.25, 0.3) is 5.91 Å². The molecule has 3 rings (SSSR count). The van der Waals surface area contributed by atoms with Crippen molar-refractivity contribution >= 4 is 29.3 Å². The Bertz CT molecular complexity index is 1250. The van der Waals surface area contributed by atoms with Gasteiger partial charge >= 0.3 is 6.09 Å². The Kier molecular flexibility index (Phi) is 11.2. The van der Waals surface area contributed by atoms with Crippen LogP contribution >= 0.6 is 0 Å². The maximum Gasteiger partial charge on any atom is 0.407 e. The van der Waals surface area contributed by atoms with Crippen LogP contribution in [0.15, 0.2) is 24.3 Å². The lowest BCUT2D eigenvalue weighted by Gasteiger charge is -2.35. The number of anilines is 3. The van der Waals surface area contributed by atoms with Crippen LogP contribution in [-0.2, 0) is 15.9 Å². The molecule has 238 valence electrons. The molecule has 0 aliphatic carbocycles. The van der Waals surface area contributed by atoms with Gasteiger partial charge in [-0.05, 0) is 69.4 Å². The molecule has 1 saturated heterocycles. The highest BCUT2D eigenvalue weighted by Crippen LogP contribution is 2.34. The van der Waals surface area contributed by atoms with Crippen molar-refractivity contribution in [2.75, 3.05) is 37.0 Å². The monoisotopic (exact) mass is 598 g/mol. The summed E-state index contributed by atoms with van der Waals surface area (Å²) in [6, 6.07) is 7.71. The number of benzene rings is 1. The van der Waals surface area contributed by atoms with Crippen LogP contribution < -0.4 is 26.4 Å². The highest BCUT2D eigenvalue weighted by Gasteiger charge is 2.31. The van der Waals surface area contributed by atoms with E-state index in [1.807, 2.05) is 52.0 Å². The van der Waals surface area contributed by atoms with Gasteiger partial charge in [-0.2, -0.15) is 0 Å². The molecule has 0 bridgehead atoms. The van der Waals surface area contributed by atoms with E-state index in [0.29, 0.717) is 55.7 Å². The summed E-state index contributed by atoms with van der Waals surface area (Å²) in [6.07, 6.45) is 2.74. The van der Waals surface area contributed by atoms with Gasteiger partial charge in [0.15, 0.2) is 17.3 Å². The molecule has 2 aromatic rings. The van der Waals surface area contributed by atoms with E-state index in [9.17, 15) is 9.59 Å². The van der Waals surface area contributed by atoms with E-state index in [1.54, 1.807) is 0 Å². The number of nitrogens with two attached hydrogens (primary N) is 1. The minimum Gasteiger partial charge on any atom is -0.493 e. The van der Waals surface area contributed by atoms with Gasteiger partial charge < -0.3 is 35.9 Å². The Morgan fingerprint density at radius 3 is 2.35 bits per heavy atom. The van der Waals surface area contributed by atoms with Crippen molar-refractivity contribution in [3.05, 3.63) is 35.7 Å². The number of primary amides is 1. The Morgan fingerprint density at radius 1 is 1.02 bits per heavy atom. The summed E-state index contributed by atoms with van der Waals surface area (Å²) in [5.41, 5.74) is 6.25. The number of aryl methyl sites for hydroxylation is 1. The Hall–Kier alpha value is -3.60. The highest BCUT2D eigenvalue weighted by atomic mass is 16.6. The number of hydrogen-bond donors (Lipinski definition) is 4. The first-order valence-corrected chi connectivity index (χ1v) is 15.1. The number of amides is 2. The number of alkyl carbamates (subject to hydrolysis) is 1. The summed E-state index contributed by atoms with van der Waals surface area (Å²) in [6.45, 7) is 18.3. The molecular weight excluding hydrogens is 548 g/mol. The molecular formula is C32H50N6O5. The number of nitrogens with zero attached hydrogens (tertiary/aromatic N) is 2.